The summed E-state index contributed by atoms with van der Waals surface area (Å²) >= 11 is 0. The number of hydrogen-bond acceptors (Lipinski definition) is 4. The predicted molar refractivity (Wildman–Crippen MR) is 134 cm³/mol. The number of Topliss-reactive ketones (excluding diaryl/α,β-unsaturated/α-hetero) is 1. The Labute approximate surface area is 197 Å². The molecule has 1 fully saturated rings. The molecule has 1 saturated carbocycles. The first-order chi connectivity index (χ1) is 15.5. The van der Waals surface area contributed by atoms with Crippen molar-refractivity contribution in [2.45, 2.75) is 105 Å². The summed E-state index contributed by atoms with van der Waals surface area (Å²) in [5, 5.41) is 0. The second kappa shape index (κ2) is 16.1. The third-order valence-corrected chi connectivity index (χ3v) is 6.57. The molecule has 2 unspecified atom stereocenters. The lowest BCUT2D eigenvalue weighted by Gasteiger charge is -2.23. The molecule has 1 aliphatic carbocycles. The number of hydrogen-bond donors (Lipinski definition) is 0. The van der Waals surface area contributed by atoms with E-state index in [1.54, 1.807) is 0 Å². The molecule has 32 heavy (non-hydrogen) atoms. The highest BCUT2D eigenvalue weighted by atomic mass is 31.0. The molecule has 0 aromatic heterocycles. The van der Waals surface area contributed by atoms with Gasteiger partial charge in [0.05, 0.1) is 6.61 Å². The Morgan fingerprint density at radius 2 is 1.41 bits per heavy atom. The van der Waals surface area contributed by atoms with Gasteiger partial charge in [-0.15, -0.1) is 0 Å². The van der Waals surface area contributed by atoms with Crippen LogP contribution in [0.3, 0.4) is 0 Å². The van der Waals surface area contributed by atoms with Crippen molar-refractivity contribution in [1.82, 2.24) is 0 Å². The van der Waals surface area contributed by atoms with Gasteiger partial charge in [0.25, 0.3) is 0 Å². The Morgan fingerprint density at radius 3 is 1.94 bits per heavy atom. The number of unbranched alkanes of at least 4 members (excludes halogenated alkanes) is 7. The van der Waals surface area contributed by atoms with Crippen LogP contribution in [0.2, 0.25) is 0 Å². The van der Waals surface area contributed by atoms with E-state index in [0.717, 1.165) is 60.8 Å². The lowest BCUT2D eigenvalue weighted by molar-refractivity contribution is -0.148. The fourth-order valence-corrected chi connectivity index (χ4v) is 5.03. The number of esters is 1. The molecule has 1 aromatic rings. The molecule has 0 radical (unpaired) electrons. The molecule has 0 spiro atoms. The third-order valence-electron chi connectivity index (χ3n) is 6.57. The summed E-state index contributed by atoms with van der Waals surface area (Å²) in [4.78, 5) is 26.5. The quantitative estimate of drug-likeness (QED) is 0.0999. The maximum atomic E-state index is 13.5. The van der Waals surface area contributed by atoms with Crippen molar-refractivity contribution in [3.63, 3.8) is 0 Å². The first-order valence-corrected chi connectivity index (χ1v) is 12.9. The Balaban J connectivity index is 0.00000249. The average molecular weight is 464 g/mol. The van der Waals surface area contributed by atoms with Crippen LogP contribution in [0.15, 0.2) is 12.1 Å². The number of benzene rings is 1. The molecule has 0 heterocycles. The highest BCUT2D eigenvalue weighted by Gasteiger charge is 2.38. The highest BCUT2D eigenvalue weighted by molar-refractivity contribution is 7.00. The standard InChI is InChI=1S/C27H42O3.H2OP/c1-5-6-7-8-9-10-11-14-17-30-27(29)25(23-15-12-13-16-23)26(28)24-21(3)18-20(2)19-22(24)4;1-2/h18-19,23,25H,5-17H2,1-4H3;2H2/q;+1. The average Bonchev–Trinajstić information content (AvgIpc) is 3.27. The van der Waals surface area contributed by atoms with Crippen LogP contribution in [0.1, 0.15) is 111 Å². The number of ether oxygens (including phenoxy) is 1. The second-order valence-corrected chi connectivity index (χ2v) is 9.30. The predicted octanol–water partition coefficient (Wildman–Crippen LogP) is 7.49. The summed E-state index contributed by atoms with van der Waals surface area (Å²) < 4.78 is 13.8. The van der Waals surface area contributed by atoms with Crippen LogP contribution in [0.25, 0.3) is 0 Å². The van der Waals surface area contributed by atoms with Crippen molar-refractivity contribution in [1.29, 1.82) is 0 Å². The zero-order valence-electron chi connectivity index (χ0n) is 20.7. The normalized spacial score (nSPS) is 14.5. The molecule has 2 atom stereocenters. The Hall–Kier alpha value is -1.54. The first-order valence-electron chi connectivity index (χ1n) is 12.5. The van der Waals surface area contributed by atoms with Crippen LogP contribution in [-0.4, -0.2) is 18.4 Å². The summed E-state index contributed by atoms with van der Waals surface area (Å²) in [6.45, 7) is 8.67. The van der Waals surface area contributed by atoms with E-state index in [2.05, 4.69) is 6.92 Å². The molecule has 180 valence electrons. The van der Waals surface area contributed by atoms with E-state index in [1.807, 2.05) is 32.9 Å². The third kappa shape index (κ3) is 9.14. The van der Waals surface area contributed by atoms with Crippen molar-refractivity contribution in [3.05, 3.63) is 34.4 Å². The largest absolute Gasteiger partial charge is 0.465 e. The van der Waals surface area contributed by atoms with Crippen molar-refractivity contribution < 1.29 is 18.9 Å². The van der Waals surface area contributed by atoms with Crippen LogP contribution in [0.4, 0.5) is 0 Å². The minimum Gasteiger partial charge on any atom is -0.465 e. The second-order valence-electron chi connectivity index (χ2n) is 9.30. The monoisotopic (exact) mass is 463 g/mol. The Bertz CT molecular complexity index is 687. The first kappa shape index (κ1) is 28.5. The van der Waals surface area contributed by atoms with E-state index in [9.17, 15) is 9.59 Å². The van der Waals surface area contributed by atoms with Crippen molar-refractivity contribution in [3.8, 4) is 0 Å². The number of rotatable bonds is 13. The van der Waals surface area contributed by atoms with Crippen molar-refractivity contribution in [2.75, 3.05) is 6.61 Å². The maximum Gasteiger partial charge on any atom is 0.317 e. The van der Waals surface area contributed by atoms with E-state index in [4.69, 9.17) is 9.30 Å². The van der Waals surface area contributed by atoms with Gasteiger partial charge in [0.2, 0.25) is 0 Å². The lowest BCUT2D eigenvalue weighted by Crippen LogP contribution is -2.33. The van der Waals surface area contributed by atoms with E-state index in [1.165, 1.54) is 47.6 Å². The zero-order valence-corrected chi connectivity index (χ0v) is 21.9. The topological polar surface area (TPSA) is 60.4 Å². The van der Waals surface area contributed by atoms with Crippen molar-refractivity contribution >= 4 is 20.9 Å². The summed E-state index contributed by atoms with van der Waals surface area (Å²) in [6, 6.07) is 4.08. The van der Waals surface area contributed by atoms with Gasteiger partial charge in [0.1, 0.15) is 5.92 Å². The maximum absolute atomic E-state index is 13.5. The van der Waals surface area contributed by atoms with Crippen LogP contribution in [0, 0.1) is 32.6 Å². The molecule has 0 amide bonds. The number of ketones is 1. The minimum absolute atomic E-state index is 0.0298. The van der Waals surface area contributed by atoms with Crippen LogP contribution < -0.4 is 0 Å². The lowest BCUT2D eigenvalue weighted by atomic mass is 9.82. The van der Waals surface area contributed by atoms with E-state index in [0.29, 0.717) is 6.61 Å². The summed E-state index contributed by atoms with van der Waals surface area (Å²) in [5.41, 5.74) is 3.81. The molecule has 0 aliphatic heterocycles. The summed E-state index contributed by atoms with van der Waals surface area (Å²) in [6.07, 6.45) is 13.8. The molecule has 0 saturated heterocycles. The molecular weight excluding hydrogens is 419 g/mol. The highest BCUT2D eigenvalue weighted by Crippen LogP contribution is 2.35. The zero-order chi connectivity index (χ0) is 23.9. The van der Waals surface area contributed by atoms with E-state index < -0.39 is 5.92 Å². The van der Waals surface area contributed by atoms with Gasteiger partial charge in [-0.1, -0.05) is 87.0 Å². The van der Waals surface area contributed by atoms with Gasteiger partial charge < -0.3 is 4.74 Å². The van der Waals surface area contributed by atoms with Crippen molar-refractivity contribution in [2.24, 2.45) is 11.8 Å². The Morgan fingerprint density at radius 1 is 0.906 bits per heavy atom. The fraction of sp³-hybridized carbons (Fsp3) is 0.704. The minimum atomic E-state index is -0.637. The SMILES string of the molecule is CCCCCCCCCCOC(=O)C(C(=O)c1c(C)cc(C)cc1C)C1CCCC1.O=[PH2+]. The van der Waals surface area contributed by atoms with E-state index in [-0.39, 0.29) is 17.7 Å². The molecule has 0 bridgehead atoms. The van der Waals surface area contributed by atoms with Crippen LogP contribution in [0.5, 0.6) is 0 Å². The van der Waals surface area contributed by atoms with Gasteiger partial charge in [-0.05, 0) is 57.1 Å². The van der Waals surface area contributed by atoms with Crippen LogP contribution in [-0.2, 0) is 14.1 Å². The molecule has 1 aromatic carbocycles. The molecule has 0 N–H and O–H groups in total. The van der Waals surface area contributed by atoms with Gasteiger partial charge in [-0.2, -0.15) is 0 Å². The smallest absolute Gasteiger partial charge is 0.317 e. The van der Waals surface area contributed by atoms with Gasteiger partial charge in [0, 0.05) is 5.56 Å². The van der Waals surface area contributed by atoms with Gasteiger partial charge >= 0.3 is 15.1 Å². The molecule has 1 aliphatic rings. The Kier molecular flexibility index (Phi) is 14.4. The number of carbonyl (C=O) groups is 2. The molecule has 4 nitrogen and oxygen atoms in total. The molecular formula is C27H44O4P+. The number of carbonyl (C=O) groups excluding carboxylic acids is 2. The number of aryl methyl sites for hydroxylation is 3. The summed E-state index contributed by atoms with van der Waals surface area (Å²) in [5.74, 6) is -0.836. The fourth-order valence-electron chi connectivity index (χ4n) is 5.03. The van der Waals surface area contributed by atoms with Gasteiger partial charge in [-0.25, -0.2) is 0 Å². The molecule has 5 heteroatoms. The van der Waals surface area contributed by atoms with Gasteiger partial charge in [-0.3, -0.25) is 9.59 Å². The summed E-state index contributed by atoms with van der Waals surface area (Å²) in [7, 11) is 1.17. The van der Waals surface area contributed by atoms with E-state index >= 15 is 0 Å². The van der Waals surface area contributed by atoms with Gasteiger partial charge in [0.15, 0.2) is 5.78 Å². The van der Waals surface area contributed by atoms with Crippen LogP contribution >= 0.6 is 9.12 Å². The molecule has 2 rings (SSSR count).